The van der Waals surface area contributed by atoms with Gasteiger partial charge in [-0.3, -0.25) is 9.78 Å². The van der Waals surface area contributed by atoms with Crippen LogP contribution in [0.2, 0.25) is 0 Å². The average molecular weight is 492 g/mol. The predicted octanol–water partition coefficient (Wildman–Crippen LogP) is 3.10. The molecule has 1 N–H and O–H groups in total. The van der Waals surface area contributed by atoms with Crippen molar-refractivity contribution in [3.8, 4) is 17.0 Å². The van der Waals surface area contributed by atoms with Crippen molar-refractivity contribution in [2.75, 3.05) is 18.6 Å². The number of hydrogen-bond acceptors (Lipinski definition) is 7. The molecule has 1 amide bonds. The van der Waals surface area contributed by atoms with Crippen LogP contribution in [0.4, 0.5) is 0 Å². The van der Waals surface area contributed by atoms with Crippen LogP contribution in [0.1, 0.15) is 34.1 Å². The van der Waals surface area contributed by atoms with Crippen molar-refractivity contribution in [3.05, 3.63) is 71.7 Å². The first kappa shape index (κ1) is 23.0. The van der Waals surface area contributed by atoms with E-state index in [0.29, 0.717) is 46.7 Å². The molecule has 1 aliphatic rings. The number of amides is 1. The molecule has 0 radical (unpaired) electrons. The minimum Gasteiger partial charge on any atom is -0.497 e. The third kappa shape index (κ3) is 4.61. The molecule has 0 bridgehead atoms. The molecule has 0 aliphatic carbocycles. The molecule has 10 heteroatoms. The van der Waals surface area contributed by atoms with Gasteiger partial charge < -0.3 is 10.1 Å². The number of carbonyl (C=O) groups excluding carboxylic acids is 1. The van der Waals surface area contributed by atoms with Crippen LogP contribution in [0.5, 0.6) is 5.75 Å². The summed E-state index contributed by atoms with van der Waals surface area (Å²) in [7, 11) is -1.53. The number of benzene rings is 1. The highest BCUT2D eigenvalue weighted by Crippen LogP contribution is 2.32. The Bertz CT molecular complexity index is 1500. The predicted molar refractivity (Wildman–Crippen MR) is 132 cm³/mol. The van der Waals surface area contributed by atoms with Crippen LogP contribution < -0.4 is 10.1 Å². The summed E-state index contributed by atoms with van der Waals surface area (Å²) in [4.78, 5) is 22.3. The summed E-state index contributed by atoms with van der Waals surface area (Å²) < 4.78 is 31.3. The summed E-state index contributed by atoms with van der Waals surface area (Å²) in [5.41, 5.74) is 3.85. The van der Waals surface area contributed by atoms with Crippen LogP contribution in [0.25, 0.3) is 22.3 Å². The number of aromatic nitrogens is 4. The van der Waals surface area contributed by atoms with E-state index in [0.717, 1.165) is 11.1 Å². The van der Waals surface area contributed by atoms with Crippen molar-refractivity contribution >= 4 is 26.8 Å². The third-order valence-corrected chi connectivity index (χ3v) is 7.95. The molecule has 35 heavy (non-hydrogen) atoms. The van der Waals surface area contributed by atoms with Gasteiger partial charge in [0.25, 0.3) is 5.91 Å². The maximum atomic E-state index is 13.4. The van der Waals surface area contributed by atoms with Crippen LogP contribution in [0.3, 0.4) is 0 Å². The van der Waals surface area contributed by atoms with Crippen LogP contribution in [-0.4, -0.2) is 52.7 Å². The van der Waals surface area contributed by atoms with Crippen LogP contribution in [0, 0.1) is 6.92 Å². The van der Waals surface area contributed by atoms with Crippen molar-refractivity contribution in [2.45, 2.75) is 25.9 Å². The minimum absolute atomic E-state index is 0.0141. The molecular weight excluding hydrogens is 466 g/mol. The van der Waals surface area contributed by atoms with Gasteiger partial charge in [0.1, 0.15) is 5.75 Å². The van der Waals surface area contributed by atoms with Gasteiger partial charge in [0.15, 0.2) is 15.5 Å². The SMILES string of the molecule is COc1ccc(-c2cc(C(=O)NCc3cccnc3)c3c(C)nn([C@H]4CCS(=O)(=O)C4)c3n2)cc1. The molecule has 1 aliphatic heterocycles. The van der Waals surface area contributed by atoms with Gasteiger partial charge in [0.05, 0.1) is 47.0 Å². The van der Waals surface area contributed by atoms with E-state index in [1.165, 1.54) is 0 Å². The van der Waals surface area contributed by atoms with Gasteiger partial charge in [-0.2, -0.15) is 5.10 Å². The maximum Gasteiger partial charge on any atom is 0.252 e. The van der Waals surface area contributed by atoms with Crippen molar-refractivity contribution < 1.29 is 17.9 Å². The lowest BCUT2D eigenvalue weighted by Crippen LogP contribution is -2.23. The number of nitrogens with zero attached hydrogens (tertiary/aromatic N) is 4. The Balaban J connectivity index is 1.61. The van der Waals surface area contributed by atoms with Gasteiger partial charge in [0, 0.05) is 24.5 Å². The monoisotopic (exact) mass is 491 g/mol. The van der Waals surface area contributed by atoms with Crippen molar-refractivity contribution in [1.29, 1.82) is 0 Å². The fraction of sp³-hybridized carbons (Fsp3) is 0.280. The molecule has 1 atom stereocenters. The zero-order valence-electron chi connectivity index (χ0n) is 19.4. The second-order valence-electron chi connectivity index (χ2n) is 8.61. The fourth-order valence-corrected chi connectivity index (χ4v) is 6.10. The number of methoxy groups -OCH3 is 1. The van der Waals surface area contributed by atoms with Gasteiger partial charge in [-0.05, 0) is 55.3 Å². The Hall–Kier alpha value is -3.79. The first-order chi connectivity index (χ1) is 16.8. The quantitative estimate of drug-likeness (QED) is 0.441. The number of nitrogens with one attached hydrogen (secondary N) is 1. The second kappa shape index (κ2) is 9.10. The highest BCUT2D eigenvalue weighted by molar-refractivity contribution is 7.91. The van der Waals surface area contributed by atoms with Gasteiger partial charge in [0.2, 0.25) is 0 Å². The van der Waals surface area contributed by atoms with Crippen LogP contribution >= 0.6 is 0 Å². The Labute approximate surface area is 203 Å². The van der Waals surface area contributed by atoms with E-state index in [1.807, 2.05) is 43.3 Å². The summed E-state index contributed by atoms with van der Waals surface area (Å²) in [6, 6.07) is 12.6. The number of sulfone groups is 1. The molecule has 3 aromatic heterocycles. The summed E-state index contributed by atoms with van der Waals surface area (Å²) in [5.74, 6) is 0.577. The molecule has 0 saturated carbocycles. The van der Waals surface area contributed by atoms with E-state index in [1.54, 1.807) is 30.3 Å². The smallest absolute Gasteiger partial charge is 0.252 e. The Morgan fingerprint density at radius 3 is 2.69 bits per heavy atom. The van der Waals surface area contributed by atoms with E-state index in [9.17, 15) is 13.2 Å². The lowest BCUT2D eigenvalue weighted by molar-refractivity contribution is 0.0952. The number of aryl methyl sites for hydroxylation is 1. The van der Waals surface area contributed by atoms with E-state index in [4.69, 9.17) is 9.72 Å². The molecule has 4 aromatic rings. The van der Waals surface area contributed by atoms with Gasteiger partial charge in [-0.15, -0.1) is 0 Å². The van der Waals surface area contributed by atoms with Gasteiger partial charge in [-0.25, -0.2) is 18.1 Å². The minimum atomic E-state index is -3.13. The van der Waals surface area contributed by atoms with Crippen molar-refractivity contribution in [1.82, 2.24) is 25.1 Å². The number of hydrogen-bond donors (Lipinski definition) is 1. The molecule has 1 fully saturated rings. The Morgan fingerprint density at radius 1 is 1.23 bits per heavy atom. The lowest BCUT2D eigenvalue weighted by Gasteiger charge is -2.12. The normalized spacial score (nSPS) is 16.9. The summed E-state index contributed by atoms with van der Waals surface area (Å²) in [5, 5.41) is 8.22. The van der Waals surface area contributed by atoms with E-state index in [-0.39, 0.29) is 23.5 Å². The van der Waals surface area contributed by atoms with Crippen LogP contribution in [-0.2, 0) is 16.4 Å². The number of carbonyl (C=O) groups is 1. The highest BCUT2D eigenvalue weighted by atomic mass is 32.2. The Kier molecular flexibility index (Phi) is 5.98. The molecule has 0 unspecified atom stereocenters. The molecule has 5 rings (SSSR count). The summed E-state index contributed by atoms with van der Waals surface area (Å²) >= 11 is 0. The van der Waals surface area contributed by atoms with Crippen molar-refractivity contribution in [3.63, 3.8) is 0 Å². The molecule has 1 aromatic carbocycles. The van der Waals surface area contributed by atoms with Gasteiger partial charge >= 0.3 is 0 Å². The van der Waals surface area contributed by atoms with E-state index >= 15 is 0 Å². The van der Waals surface area contributed by atoms with E-state index < -0.39 is 9.84 Å². The van der Waals surface area contributed by atoms with E-state index in [2.05, 4.69) is 15.4 Å². The largest absolute Gasteiger partial charge is 0.497 e. The number of rotatable bonds is 6. The van der Waals surface area contributed by atoms with Crippen LogP contribution in [0.15, 0.2) is 54.9 Å². The standard InChI is InChI=1S/C25H25N5O4S/c1-16-23-21(25(31)27-14-17-4-3-10-26-13-17)12-22(18-5-7-20(34-2)8-6-18)28-24(23)30(29-16)19-9-11-35(32,33)15-19/h3-8,10,12-13,19H,9,11,14-15H2,1-2H3,(H,27,31)/t19-/m0/s1. The molecule has 4 heterocycles. The number of fused-ring (bicyclic) bond motifs is 1. The molecule has 1 saturated heterocycles. The zero-order valence-corrected chi connectivity index (χ0v) is 20.2. The first-order valence-electron chi connectivity index (χ1n) is 11.3. The molecule has 9 nitrogen and oxygen atoms in total. The second-order valence-corrected chi connectivity index (χ2v) is 10.8. The highest BCUT2D eigenvalue weighted by Gasteiger charge is 2.32. The average Bonchev–Trinajstić information content (AvgIpc) is 3.41. The number of ether oxygens (including phenoxy) is 1. The third-order valence-electron chi connectivity index (χ3n) is 6.20. The Morgan fingerprint density at radius 2 is 2.03 bits per heavy atom. The van der Waals surface area contributed by atoms with Gasteiger partial charge in [-0.1, -0.05) is 6.07 Å². The first-order valence-corrected chi connectivity index (χ1v) is 13.1. The molecule has 0 spiro atoms. The van der Waals surface area contributed by atoms with Crippen molar-refractivity contribution in [2.24, 2.45) is 0 Å². The number of pyridine rings is 2. The summed E-state index contributed by atoms with van der Waals surface area (Å²) in [6.07, 6.45) is 3.85. The summed E-state index contributed by atoms with van der Waals surface area (Å²) in [6.45, 7) is 2.14. The molecule has 180 valence electrons. The molecular formula is C25H25N5O4S. The zero-order chi connectivity index (χ0) is 24.6. The topological polar surface area (TPSA) is 116 Å². The maximum absolute atomic E-state index is 13.4. The lowest BCUT2D eigenvalue weighted by atomic mass is 10.0. The fourth-order valence-electron chi connectivity index (χ4n) is 4.40.